The van der Waals surface area contributed by atoms with Gasteiger partial charge in [0.2, 0.25) is 0 Å². The zero-order valence-corrected chi connectivity index (χ0v) is 11.6. The summed E-state index contributed by atoms with van der Waals surface area (Å²) in [4.78, 5) is 11.7. The summed E-state index contributed by atoms with van der Waals surface area (Å²) in [6, 6.07) is 9.83. The smallest absolute Gasteiger partial charge is 0.407 e. The molecule has 1 rings (SSSR count). The maximum atomic E-state index is 11.7. The van der Waals surface area contributed by atoms with Gasteiger partial charge in [-0.2, -0.15) is 0 Å². The largest absolute Gasteiger partial charge is 0.445 e. The van der Waals surface area contributed by atoms with Crippen molar-refractivity contribution in [2.75, 3.05) is 0 Å². The number of carbonyl (C=O) groups is 1. The van der Waals surface area contributed by atoms with Crippen LogP contribution in [0.5, 0.6) is 0 Å². The number of hydrogen-bond acceptors (Lipinski definition) is 2. The summed E-state index contributed by atoms with van der Waals surface area (Å²) in [6.45, 7) is 8.71. The van der Waals surface area contributed by atoms with Crippen LogP contribution in [0.1, 0.15) is 33.3 Å². The van der Waals surface area contributed by atoms with Gasteiger partial charge in [0.15, 0.2) is 0 Å². The summed E-state index contributed by atoms with van der Waals surface area (Å²) < 4.78 is 5.21. The first kappa shape index (κ1) is 14.6. The van der Waals surface area contributed by atoms with Crippen LogP contribution in [0, 0.1) is 11.8 Å². The third-order valence-corrected chi connectivity index (χ3v) is 2.93. The van der Waals surface area contributed by atoms with Crippen LogP contribution >= 0.6 is 0 Å². The molecular formula is C15H23NO2. The fourth-order valence-electron chi connectivity index (χ4n) is 2.00. The fraction of sp³-hybridized carbons (Fsp3) is 0.533. The molecule has 0 unspecified atom stereocenters. The summed E-state index contributed by atoms with van der Waals surface area (Å²) in [7, 11) is 0. The molecule has 0 spiro atoms. The van der Waals surface area contributed by atoms with Crippen LogP contribution in [0.4, 0.5) is 4.79 Å². The van der Waals surface area contributed by atoms with Crippen LogP contribution in [0.15, 0.2) is 30.3 Å². The van der Waals surface area contributed by atoms with Crippen LogP contribution in [0.25, 0.3) is 0 Å². The van der Waals surface area contributed by atoms with Crippen LogP contribution < -0.4 is 5.32 Å². The van der Waals surface area contributed by atoms with Gasteiger partial charge >= 0.3 is 6.09 Å². The van der Waals surface area contributed by atoms with Crippen molar-refractivity contribution >= 4 is 6.09 Å². The summed E-state index contributed by atoms with van der Waals surface area (Å²) in [5.74, 6) is 0.795. The van der Waals surface area contributed by atoms with Crippen LogP contribution in [-0.2, 0) is 11.3 Å². The number of amides is 1. The average molecular weight is 249 g/mol. The van der Waals surface area contributed by atoms with E-state index in [9.17, 15) is 4.79 Å². The molecule has 0 fully saturated rings. The molecular weight excluding hydrogens is 226 g/mol. The van der Waals surface area contributed by atoms with E-state index in [2.05, 4.69) is 33.0 Å². The predicted octanol–water partition coefficient (Wildman–Crippen LogP) is 3.59. The molecule has 3 nitrogen and oxygen atoms in total. The van der Waals surface area contributed by atoms with Gasteiger partial charge in [0, 0.05) is 6.04 Å². The Bertz CT molecular complexity index is 352. The van der Waals surface area contributed by atoms with Crippen molar-refractivity contribution in [3.63, 3.8) is 0 Å². The highest BCUT2D eigenvalue weighted by atomic mass is 16.5. The summed E-state index contributed by atoms with van der Waals surface area (Å²) >= 11 is 0. The Morgan fingerprint density at radius 2 is 1.67 bits per heavy atom. The Labute approximate surface area is 110 Å². The monoisotopic (exact) mass is 249 g/mol. The maximum absolute atomic E-state index is 11.7. The third kappa shape index (κ3) is 4.78. The van der Waals surface area contributed by atoms with Gasteiger partial charge in [-0.25, -0.2) is 4.79 Å². The SMILES string of the molecule is CC(C)C(NC(=O)OCc1ccccc1)C(C)C. The first-order chi connectivity index (χ1) is 8.50. The molecule has 0 aliphatic heterocycles. The van der Waals surface area contributed by atoms with E-state index in [0.29, 0.717) is 18.4 Å². The van der Waals surface area contributed by atoms with Crippen LogP contribution in [0.3, 0.4) is 0 Å². The molecule has 0 saturated carbocycles. The quantitative estimate of drug-likeness (QED) is 0.866. The second-order valence-electron chi connectivity index (χ2n) is 5.22. The van der Waals surface area contributed by atoms with Crippen LogP contribution in [-0.4, -0.2) is 12.1 Å². The number of nitrogens with one attached hydrogen (secondary N) is 1. The Balaban J connectivity index is 2.41. The molecule has 0 atom stereocenters. The van der Waals surface area contributed by atoms with E-state index in [4.69, 9.17) is 4.74 Å². The van der Waals surface area contributed by atoms with Crippen molar-refractivity contribution < 1.29 is 9.53 Å². The van der Waals surface area contributed by atoms with E-state index in [0.717, 1.165) is 5.56 Å². The molecule has 1 aromatic rings. The van der Waals surface area contributed by atoms with Gasteiger partial charge in [-0.3, -0.25) is 0 Å². The van der Waals surface area contributed by atoms with Crippen molar-refractivity contribution in [2.45, 2.75) is 40.3 Å². The first-order valence-corrected chi connectivity index (χ1v) is 6.48. The minimum Gasteiger partial charge on any atom is -0.445 e. The van der Waals surface area contributed by atoms with E-state index in [-0.39, 0.29) is 12.1 Å². The maximum Gasteiger partial charge on any atom is 0.407 e. The molecule has 1 N–H and O–H groups in total. The Hall–Kier alpha value is -1.51. The van der Waals surface area contributed by atoms with Crippen LogP contribution in [0.2, 0.25) is 0 Å². The van der Waals surface area contributed by atoms with Crippen molar-refractivity contribution in [1.82, 2.24) is 5.32 Å². The van der Waals surface area contributed by atoms with Crippen molar-refractivity contribution in [2.24, 2.45) is 11.8 Å². The van der Waals surface area contributed by atoms with E-state index in [1.807, 2.05) is 30.3 Å². The second kappa shape index (κ2) is 7.04. The topological polar surface area (TPSA) is 38.3 Å². The van der Waals surface area contributed by atoms with Gasteiger partial charge < -0.3 is 10.1 Å². The van der Waals surface area contributed by atoms with E-state index in [1.54, 1.807) is 0 Å². The van der Waals surface area contributed by atoms with E-state index < -0.39 is 0 Å². The van der Waals surface area contributed by atoms with Gasteiger partial charge in [0.05, 0.1) is 0 Å². The molecule has 1 aromatic carbocycles. The molecule has 18 heavy (non-hydrogen) atoms. The average Bonchev–Trinajstić information content (AvgIpc) is 2.34. The standard InChI is InChI=1S/C15H23NO2/c1-11(2)14(12(3)4)16-15(17)18-10-13-8-6-5-7-9-13/h5-9,11-12,14H,10H2,1-4H3,(H,16,17). The zero-order valence-electron chi connectivity index (χ0n) is 11.6. The number of rotatable bonds is 5. The molecule has 0 saturated heterocycles. The molecule has 0 heterocycles. The minimum absolute atomic E-state index is 0.147. The van der Waals surface area contributed by atoms with Crippen molar-refractivity contribution in [3.8, 4) is 0 Å². The molecule has 3 heteroatoms. The number of carbonyl (C=O) groups excluding carboxylic acids is 1. The van der Waals surface area contributed by atoms with Gasteiger partial charge in [-0.1, -0.05) is 58.0 Å². The van der Waals surface area contributed by atoms with Gasteiger partial charge in [-0.15, -0.1) is 0 Å². The number of benzene rings is 1. The highest BCUT2D eigenvalue weighted by Gasteiger charge is 2.20. The van der Waals surface area contributed by atoms with Gasteiger partial charge in [0.1, 0.15) is 6.61 Å². The second-order valence-corrected chi connectivity index (χ2v) is 5.22. The summed E-state index contributed by atoms with van der Waals surface area (Å²) in [5.41, 5.74) is 0.998. The van der Waals surface area contributed by atoms with Crippen molar-refractivity contribution in [3.05, 3.63) is 35.9 Å². The number of ether oxygens (including phenoxy) is 1. The van der Waals surface area contributed by atoms with E-state index >= 15 is 0 Å². The normalized spacial score (nSPS) is 11.1. The highest BCUT2D eigenvalue weighted by molar-refractivity contribution is 5.67. The Morgan fingerprint density at radius 1 is 1.11 bits per heavy atom. The van der Waals surface area contributed by atoms with E-state index in [1.165, 1.54) is 0 Å². The first-order valence-electron chi connectivity index (χ1n) is 6.48. The molecule has 100 valence electrons. The fourth-order valence-corrected chi connectivity index (χ4v) is 2.00. The molecule has 0 bridgehead atoms. The van der Waals surface area contributed by atoms with Crippen molar-refractivity contribution in [1.29, 1.82) is 0 Å². The molecule has 1 amide bonds. The Morgan fingerprint density at radius 3 is 2.17 bits per heavy atom. The highest BCUT2D eigenvalue weighted by Crippen LogP contribution is 2.12. The van der Waals surface area contributed by atoms with Gasteiger partial charge in [-0.05, 0) is 17.4 Å². The lowest BCUT2D eigenvalue weighted by atomic mass is 9.93. The lowest BCUT2D eigenvalue weighted by molar-refractivity contribution is 0.128. The Kier molecular flexibility index (Phi) is 5.69. The molecule has 0 aliphatic carbocycles. The molecule has 0 radical (unpaired) electrons. The number of alkyl carbamates (subject to hydrolysis) is 1. The third-order valence-electron chi connectivity index (χ3n) is 2.93. The minimum atomic E-state index is -0.341. The lowest BCUT2D eigenvalue weighted by Crippen LogP contribution is -2.42. The zero-order chi connectivity index (χ0) is 13.5. The summed E-state index contributed by atoms with van der Waals surface area (Å²) in [5, 5.41) is 2.92. The van der Waals surface area contributed by atoms with Gasteiger partial charge in [0.25, 0.3) is 0 Å². The predicted molar refractivity (Wildman–Crippen MR) is 73.2 cm³/mol. The lowest BCUT2D eigenvalue weighted by Gasteiger charge is -2.25. The molecule has 0 aromatic heterocycles. The number of hydrogen-bond donors (Lipinski definition) is 1. The molecule has 0 aliphatic rings. The summed E-state index contributed by atoms with van der Waals surface area (Å²) in [6.07, 6.45) is -0.341.